The number of hydrogen-bond donors (Lipinski definition) is 2. The fourth-order valence-corrected chi connectivity index (χ4v) is 3.90. The average molecular weight is 364 g/mol. The summed E-state index contributed by atoms with van der Waals surface area (Å²) in [6, 6.07) is 17.4. The first-order chi connectivity index (χ1) is 13.2. The molecule has 1 fully saturated rings. The fourth-order valence-electron chi connectivity index (χ4n) is 3.90. The average Bonchev–Trinajstić information content (AvgIpc) is 3.19. The van der Waals surface area contributed by atoms with E-state index in [1.54, 1.807) is 0 Å². The minimum absolute atomic E-state index is 0.0136. The highest BCUT2D eigenvalue weighted by Crippen LogP contribution is 2.38. The monoisotopic (exact) mass is 364 g/mol. The Morgan fingerprint density at radius 3 is 2.11 bits per heavy atom. The molecule has 1 aliphatic rings. The van der Waals surface area contributed by atoms with E-state index < -0.39 is 0 Å². The first-order valence-electron chi connectivity index (χ1n) is 9.93. The van der Waals surface area contributed by atoms with Crippen molar-refractivity contribution in [1.29, 1.82) is 0 Å². The number of carbonyl (C=O) groups is 2. The number of benzene rings is 2. The van der Waals surface area contributed by atoms with Crippen LogP contribution in [0.3, 0.4) is 0 Å². The lowest BCUT2D eigenvalue weighted by Gasteiger charge is -2.23. The van der Waals surface area contributed by atoms with Gasteiger partial charge in [0.1, 0.15) is 0 Å². The zero-order chi connectivity index (χ0) is 19.1. The van der Waals surface area contributed by atoms with E-state index in [4.69, 9.17) is 0 Å². The van der Waals surface area contributed by atoms with Gasteiger partial charge in [0.05, 0.1) is 5.92 Å². The molecule has 2 N–H and O–H groups in total. The van der Waals surface area contributed by atoms with Gasteiger partial charge in [-0.1, -0.05) is 50.1 Å². The third kappa shape index (κ3) is 5.19. The van der Waals surface area contributed by atoms with Gasteiger partial charge in [-0.15, -0.1) is 0 Å². The number of anilines is 2. The third-order valence-corrected chi connectivity index (χ3v) is 5.23. The lowest BCUT2D eigenvalue weighted by Crippen LogP contribution is -2.26. The molecule has 0 heterocycles. The molecule has 4 heteroatoms. The summed E-state index contributed by atoms with van der Waals surface area (Å²) in [5, 5.41) is 5.94. The van der Waals surface area contributed by atoms with Gasteiger partial charge < -0.3 is 10.6 Å². The summed E-state index contributed by atoms with van der Waals surface area (Å²) >= 11 is 0. The van der Waals surface area contributed by atoms with Crippen molar-refractivity contribution in [1.82, 2.24) is 0 Å². The number of nitrogens with one attached hydrogen (secondary N) is 2. The van der Waals surface area contributed by atoms with Gasteiger partial charge in [0.15, 0.2) is 0 Å². The highest BCUT2D eigenvalue weighted by molar-refractivity contribution is 5.96. The van der Waals surface area contributed by atoms with Crippen LogP contribution in [0.2, 0.25) is 0 Å². The second-order valence-electron chi connectivity index (χ2n) is 7.30. The standard InChI is InChI=1S/C23H28N2O2/c1-2-8-21(26)24-19-13-15-20(16-14-19)25-23(27)22(18-11-6-7-12-18)17-9-4-3-5-10-17/h3-5,9-10,13-16,18,22H,2,6-8,11-12H2,1H3,(H,24,26)(H,25,27)/t22-/m1/s1. The molecule has 1 aliphatic carbocycles. The topological polar surface area (TPSA) is 58.2 Å². The van der Waals surface area contributed by atoms with E-state index in [9.17, 15) is 9.59 Å². The van der Waals surface area contributed by atoms with Gasteiger partial charge in [-0.2, -0.15) is 0 Å². The summed E-state index contributed by atoms with van der Waals surface area (Å²) in [5.74, 6) is 0.355. The lowest BCUT2D eigenvalue weighted by atomic mass is 9.84. The number of rotatable bonds is 7. The third-order valence-electron chi connectivity index (χ3n) is 5.23. The molecule has 2 aromatic carbocycles. The van der Waals surface area contributed by atoms with Crippen LogP contribution in [0.5, 0.6) is 0 Å². The second kappa shape index (κ2) is 9.36. The van der Waals surface area contributed by atoms with Gasteiger partial charge in [0, 0.05) is 17.8 Å². The SMILES string of the molecule is CCCC(=O)Nc1ccc(NC(=O)[C@H](c2ccccc2)C2CCCC2)cc1. The van der Waals surface area contributed by atoms with Crippen LogP contribution in [0.4, 0.5) is 11.4 Å². The van der Waals surface area contributed by atoms with Crippen molar-refractivity contribution in [2.24, 2.45) is 5.92 Å². The first kappa shape index (κ1) is 19.2. The number of hydrogen-bond acceptors (Lipinski definition) is 2. The zero-order valence-electron chi connectivity index (χ0n) is 15.9. The van der Waals surface area contributed by atoms with E-state index in [-0.39, 0.29) is 17.7 Å². The Hall–Kier alpha value is -2.62. The van der Waals surface area contributed by atoms with Crippen molar-refractivity contribution < 1.29 is 9.59 Å². The minimum atomic E-state index is -0.113. The molecule has 0 spiro atoms. The van der Waals surface area contributed by atoms with Crippen molar-refractivity contribution in [3.8, 4) is 0 Å². The normalized spacial score (nSPS) is 15.3. The van der Waals surface area contributed by atoms with Crippen LogP contribution >= 0.6 is 0 Å². The van der Waals surface area contributed by atoms with E-state index in [2.05, 4.69) is 22.8 Å². The first-order valence-corrected chi connectivity index (χ1v) is 9.93. The zero-order valence-corrected chi connectivity index (χ0v) is 15.9. The van der Waals surface area contributed by atoms with Crippen LogP contribution < -0.4 is 10.6 Å². The molecule has 0 unspecified atom stereocenters. The molecule has 1 saturated carbocycles. The molecule has 27 heavy (non-hydrogen) atoms. The molecule has 0 aromatic heterocycles. The van der Waals surface area contributed by atoms with Crippen LogP contribution in [-0.4, -0.2) is 11.8 Å². The fraction of sp³-hybridized carbons (Fsp3) is 0.391. The maximum atomic E-state index is 13.1. The van der Waals surface area contributed by atoms with Crippen molar-refractivity contribution in [3.05, 3.63) is 60.2 Å². The molecule has 4 nitrogen and oxygen atoms in total. The summed E-state index contributed by atoms with van der Waals surface area (Å²) in [5.41, 5.74) is 2.60. The van der Waals surface area contributed by atoms with E-state index in [0.29, 0.717) is 12.3 Å². The van der Waals surface area contributed by atoms with Crippen molar-refractivity contribution >= 4 is 23.2 Å². The van der Waals surface area contributed by atoms with E-state index in [1.807, 2.05) is 49.4 Å². The van der Waals surface area contributed by atoms with E-state index in [1.165, 1.54) is 12.8 Å². The minimum Gasteiger partial charge on any atom is -0.326 e. The van der Waals surface area contributed by atoms with Gasteiger partial charge in [-0.05, 0) is 55.0 Å². The summed E-state index contributed by atoms with van der Waals surface area (Å²) in [7, 11) is 0. The molecule has 0 saturated heterocycles. The van der Waals surface area contributed by atoms with Crippen LogP contribution in [-0.2, 0) is 9.59 Å². The summed E-state index contributed by atoms with van der Waals surface area (Å²) in [4.78, 5) is 24.8. The lowest BCUT2D eigenvalue weighted by molar-refractivity contribution is -0.119. The van der Waals surface area contributed by atoms with Crippen LogP contribution in [0, 0.1) is 5.92 Å². The molecular formula is C23H28N2O2. The Morgan fingerprint density at radius 1 is 0.926 bits per heavy atom. The molecule has 1 atom stereocenters. The van der Waals surface area contributed by atoms with Gasteiger partial charge in [0.2, 0.25) is 11.8 Å². The maximum absolute atomic E-state index is 13.1. The number of amides is 2. The van der Waals surface area contributed by atoms with Crippen molar-refractivity contribution in [2.75, 3.05) is 10.6 Å². The van der Waals surface area contributed by atoms with E-state index in [0.717, 1.165) is 36.2 Å². The highest BCUT2D eigenvalue weighted by Gasteiger charge is 2.31. The highest BCUT2D eigenvalue weighted by atomic mass is 16.2. The summed E-state index contributed by atoms with van der Waals surface area (Å²) < 4.78 is 0. The molecule has 142 valence electrons. The number of carbonyl (C=O) groups excluding carboxylic acids is 2. The second-order valence-corrected chi connectivity index (χ2v) is 7.30. The van der Waals surface area contributed by atoms with Gasteiger partial charge in [-0.3, -0.25) is 9.59 Å². The van der Waals surface area contributed by atoms with Crippen LogP contribution in [0.25, 0.3) is 0 Å². The molecule has 2 aromatic rings. The van der Waals surface area contributed by atoms with Crippen molar-refractivity contribution in [2.45, 2.75) is 51.4 Å². The van der Waals surface area contributed by atoms with Crippen molar-refractivity contribution in [3.63, 3.8) is 0 Å². The molecule has 3 rings (SSSR count). The summed E-state index contributed by atoms with van der Waals surface area (Å²) in [6.07, 6.45) is 5.95. The van der Waals surface area contributed by atoms with E-state index >= 15 is 0 Å². The quantitative estimate of drug-likeness (QED) is 0.697. The Kier molecular flexibility index (Phi) is 6.64. The Bertz CT molecular complexity index is 750. The van der Waals surface area contributed by atoms with Crippen LogP contribution in [0.1, 0.15) is 56.9 Å². The predicted molar refractivity (Wildman–Crippen MR) is 110 cm³/mol. The smallest absolute Gasteiger partial charge is 0.232 e. The Balaban J connectivity index is 1.69. The molecule has 0 radical (unpaired) electrons. The van der Waals surface area contributed by atoms with Gasteiger partial charge in [-0.25, -0.2) is 0 Å². The van der Waals surface area contributed by atoms with Crippen LogP contribution in [0.15, 0.2) is 54.6 Å². The van der Waals surface area contributed by atoms with Gasteiger partial charge in [0.25, 0.3) is 0 Å². The maximum Gasteiger partial charge on any atom is 0.232 e. The molecule has 0 bridgehead atoms. The Labute approximate surface area is 161 Å². The summed E-state index contributed by atoms with van der Waals surface area (Å²) in [6.45, 7) is 1.98. The van der Waals surface area contributed by atoms with Gasteiger partial charge >= 0.3 is 0 Å². The molecule has 0 aliphatic heterocycles. The predicted octanol–water partition coefficient (Wildman–Crippen LogP) is 5.34. The molecular weight excluding hydrogens is 336 g/mol. The largest absolute Gasteiger partial charge is 0.326 e. The Morgan fingerprint density at radius 2 is 1.52 bits per heavy atom. The molecule has 2 amide bonds.